The summed E-state index contributed by atoms with van der Waals surface area (Å²) in [5.74, 6) is 0.759. The average Bonchev–Trinajstić information content (AvgIpc) is 3.15. The smallest absolute Gasteiger partial charge is 0.313 e. The van der Waals surface area contributed by atoms with Crippen molar-refractivity contribution < 1.29 is 14.3 Å². The molecular weight excluding hydrogens is 240 g/mol. The van der Waals surface area contributed by atoms with E-state index in [1.165, 1.54) is 0 Å². The van der Waals surface area contributed by atoms with Crippen LogP contribution in [0.15, 0.2) is 24.3 Å². The number of benzene rings is 1. The fraction of sp³-hybridized carbons (Fsp3) is 0.562. The van der Waals surface area contributed by atoms with Gasteiger partial charge in [-0.25, -0.2) is 0 Å². The largest absolute Gasteiger partial charge is 0.490 e. The van der Waals surface area contributed by atoms with E-state index >= 15 is 0 Å². The lowest BCUT2D eigenvalue weighted by atomic mass is 9.88. The van der Waals surface area contributed by atoms with Crippen LogP contribution in [0, 0.1) is 5.92 Å². The van der Waals surface area contributed by atoms with E-state index in [2.05, 4.69) is 0 Å². The van der Waals surface area contributed by atoms with Gasteiger partial charge in [0.2, 0.25) is 0 Å². The summed E-state index contributed by atoms with van der Waals surface area (Å²) >= 11 is 0. The lowest BCUT2D eigenvalue weighted by Gasteiger charge is -2.19. The highest BCUT2D eigenvalue weighted by molar-refractivity contribution is 5.78. The van der Waals surface area contributed by atoms with Gasteiger partial charge in [0.15, 0.2) is 0 Å². The molecule has 0 aliphatic heterocycles. The zero-order valence-electron chi connectivity index (χ0n) is 11.9. The van der Waals surface area contributed by atoms with Gasteiger partial charge in [-0.1, -0.05) is 26.0 Å². The van der Waals surface area contributed by atoms with Crippen LogP contribution in [0.5, 0.6) is 5.75 Å². The molecule has 0 radical (unpaired) electrons. The molecule has 1 aliphatic carbocycles. The number of esters is 1. The first-order valence-corrected chi connectivity index (χ1v) is 7.05. The number of hydrogen-bond donors (Lipinski definition) is 0. The lowest BCUT2D eigenvalue weighted by molar-refractivity contribution is -0.146. The first kappa shape index (κ1) is 13.9. The topological polar surface area (TPSA) is 35.5 Å². The predicted molar refractivity (Wildman–Crippen MR) is 74.3 cm³/mol. The summed E-state index contributed by atoms with van der Waals surface area (Å²) in [5.41, 5.74) is 0.997. The molecular formula is C16H22O3. The number of carbonyl (C=O) groups excluding carboxylic acids is 1. The van der Waals surface area contributed by atoms with Crippen molar-refractivity contribution in [3.05, 3.63) is 29.8 Å². The van der Waals surface area contributed by atoms with Crippen LogP contribution in [0.25, 0.3) is 0 Å². The third kappa shape index (κ3) is 3.72. The molecule has 2 rings (SSSR count). The normalized spacial score (nSPS) is 16.2. The van der Waals surface area contributed by atoms with Crippen LogP contribution < -0.4 is 4.74 Å². The van der Waals surface area contributed by atoms with Crippen molar-refractivity contribution >= 4 is 5.97 Å². The van der Waals surface area contributed by atoms with E-state index in [-0.39, 0.29) is 17.8 Å². The van der Waals surface area contributed by atoms with Gasteiger partial charge in [-0.05, 0) is 43.4 Å². The first-order valence-electron chi connectivity index (χ1n) is 7.05. The number of carbonyl (C=O) groups is 1. The van der Waals surface area contributed by atoms with E-state index in [4.69, 9.17) is 9.47 Å². The van der Waals surface area contributed by atoms with Gasteiger partial charge in [0.25, 0.3) is 0 Å². The van der Waals surface area contributed by atoms with Crippen LogP contribution in [-0.4, -0.2) is 18.7 Å². The Kier molecular flexibility index (Phi) is 4.46. The molecule has 19 heavy (non-hydrogen) atoms. The SMILES string of the molecule is CCOC(=O)C(c1ccc(OC2CC2)cc1)C(C)C. The molecule has 1 aromatic carbocycles. The molecule has 0 aromatic heterocycles. The van der Waals surface area contributed by atoms with Crippen molar-refractivity contribution in [1.82, 2.24) is 0 Å². The number of hydrogen-bond acceptors (Lipinski definition) is 3. The lowest BCUT2D eigenvalue weighted by Crippen LogP contribution is -2.20. The molecule has 3 nitrogen and oxygen atoms in total. The standard InChI is InChI=1S/C16H22O3/c1-4-18-16(17)15(11(2)3)12-5-7-13(8-6-12)19-14-9-10-14/h5-8,11,14-15H,4,9-10H2,1-3H3. The van der Waals surface area contributed by atoms with E-state index in [0.717, 1.165) is 24.2 Å². The summed E-state index contributed by atoms with van der Waals surface area (Å²) in [6.07, 6.45) is 2.70. The van der Waals surface area contributed by atoms with Gasteiger partial charge < -0.3 is 9.47 Å². The van der Waals surface area contributed by atoms with Crippen molar-refractivity contribution in [3.63, 3.8) is 0 Å². The van der Waals surface area contributed by atoms with E-state index in [1.54, 1.807) is 0 Å². The monoisotopic (exact) mass is 262 g/mol. The van der Waals surface area contributed by atoms with Gasteiger partial charge in [-0.15, -0.1) is 0 Å². The minimum absolute atomic E-state index is 0.145. The van der Waals surface area contributed by atoms with E-state index < -0.39 is 0 Å². The molecule has 1 aliphatic rings. The maximum absolute atomic E-state index is 12.0. The Morgan fingerprint density at radius 1 is 1.26 bits per heavy atom. The Bertz CT molecular complexity index is 418. The highest BCUT2D eigenvalue weighted by Gasteiger charge is 2.26. The summed E-state index contributed by atoms with van der Waals surface area (Å²) in [6, 6.07) is 7.84. The van der Waals surface area contributed by atoms with E-state index in [9.17, 15) is 4.79 Å². The molecule has 104 valence electrons. The molecule has 0 amide bonds. The van der Waals surface area contributed by atoms with Crippen LogP contribution in [0.1, 0.15) is 45.1 Å². The molecule has 1 unspecified atom stereocenters. The van der Waals surface area contributed by atoms with E-state index in [1.807, 2.05) is 45.0 Å². The van der Waals surface area contributed by atoms with Gasteiger partial charge in [0.05, 0.1) is 18.6 Å². The molecule has 0 saturated heterocycles. The van der Waals surface area contributed by atoms with E-state index in [0.29, 0.717) is 12.7 Å². The maximum Gasteiger partial charge on any atom is 0.313 e. The predicted octanol–water partition coefficient (Wildman–Crippen LogP) is 3.53. The first-order chi connectivity index (χ1) is 9.11. The molecule has 1 saturated carbocycles. The quantitative estimate of drug-likeness (QED) is 0.736. The average molecular weight is 262 g/mol. The van der Waals surface area contributed by atoms with Crippen molar-refractivity contribution in [2.75, 3.05) is 6.61 Å². The Balaban J connectivity index is 2.09. The van der Waals surface area contributed by atoms with Crippen molar-refractivity contribution in [3.8, 4) is 5.75 Å². The Hall–Kier alpha value is -1.51. The second-order valence-corrected chi connectivity index (χ2v) is 5.36. The molecule has 0 bridgehead atoms. The van der Waals surface area contributed by atoms with Crippen LogP contribution in [-0.2, 0) is 9.53 Å². The Morgan fingerprint density at radius 2 is 1.89 bits per heavy atom. The van der Waals surface area contributed by atoms with Gasteiger partial charge in [-0.2, -0.15) is 0 Å². The van der Waals surface area contributed by atoms with Crippen molar-refractivity contribution in [2.24, 2.45) is 5.92 Å². The molecule has 1 fully saturated rings. The minimum atomic E-state index is -0.199. The molecule has 0 N–H and O–H groups in total. The Labute approximate surface area is 114 Å². The van der Waals surface area contributed by atoms with Crippen LogP contribution in [0.4, 0.5) is 0 Å². The molecule has 1 aromatic rings. The zero-order chi connectivity index (χ0) is 13.8. The maximum atomic E-state index is 12.0. The van der Waals surface area contributed by atoms with Crippen LogP contribution in [0.2, 0.25) is 0 Å². The van der Waals surface area contributed by atoms with Gasteiger partial charge in [0.1, 0.15) is 5.75 Å². The third-order valence-corrected chi connectivity index (χ3v) is 3.27. The summed E-state index contributed by atoms with van der Waals surface area (Å²) in [7, 11) is 0. The van der Waals surface area contributed by atoms with Gasteiger partial charge >= 0.3 is 5.97 Å². The summed E-state index contributed by atoms with van der Waals surface area (Å²) in [5, 5.41) is 0. The molecule has 0 spiro atoms. The van der Waals surface area contributed by atoms with Crippen molar-refractivity contribution in [1.29, 1.82) is 0 Å². The molecule has 1 atom stereocenters. The third-order valence-electron chi connectivity index (χ3n) is 3.27. The zero-order valence-corrected chi connectivity index (χ0v) is 11.9. The number of rotatable bonds is 6. The second-order valence-electron chi connectivity index (χ2n) is 5.36. The van der Waals surface area contributed by atoms with Gasteiger partial charge in [0, 0.05) is 0 Å². The van der Waals surface area contributed by atoms with Gasteiger partial charge in [-0.3, -0.25) is 4.79 Å². The highest BCUT2D eigenvalue weighted by atomic mass is 16.5. The summed E-state index contributed by atoms with van der Waals surface area (Å²) in [6.45, 7) is 6.33. The minimum Gasteiger partial charge on any atom is -0.490 e. The summed E-state index contributed by atoms with van der Waals surface area (Å²) < 4.78 is 10.9. The number of ether oxygens (including phenoxy) is 2. The molecule has 3 heteroatoms. The Morgan fingerprint density at radius 3 is 2.37 bits per heavy atom. The van der Waals surface area contributed by atoms with Crippen LogP contribution >= 0.6 is 0 Å². The molecule has 0 heterocycles. The highest BCUT2D eigenvalue weighted by Crippen LogP contribution is 2.30. The summed E-state index contributed by atoms with van der Waals surface area (Å²) in [4.78, 5) is 12.0. The fourth-order valence-corrected chi connectivity index (χ4v) is 2.16. The fourth-order valence-electron chi connectivity index (χ4n) is 2.16. The van der Waals surface area contributed by atoms with Crippen molar-refractivity contribution in [2.45, 2.75) is 45.6 Å². The van der Waals surface area contributed by atoms with Crippen LogP contribution in [0.3, 0.4) is 0 Å². The second kappa shape index (κ2) is 6.09.